The van der Waals surface area contributed by atoms with Gasteiger partial charge in [-0.2, -0.15) is 0 Å². The molecule has 0 aromatic carbocycles. The second kappa shape index (κ2) is 4.57. The van der Waals surface area contributed by atoms with Crippen LogP contribution in [-0.2, 0) is 14.6 Å². The van der Waals surface area contributed by atoms with E-state index in [0.29, 0.717) is 12.5 Å². The van der Waals surface area contributed by atoms with Crippen molar-refractivity contribution in [2.75, 3.05) is 31.1 Å². The van der Waals surface area contributed by atoms with E-state index in [9.17, 15) is 13.2 Å². The summed E-state index contributed by atoms with van der Waals surface area (Å²) in [5.41, 5.74) is 0. The van der Waals surface area contributed by atoms with Gasteiger partial charge in [0.15, 0.2) is 9.84 Å². The Labute approximate surface area is 102 Å². The molecule has 0 radical (unpaired) electrons. The number of rotatable bonds is 1. The normalized spacial score (nSPS) is 37.1. The molecule has 3 atom stereocenters. The Morgan fingerprint density at radius 1 is 1.29 bits per heavy atom. The Bertz CT molecular complexity index is 407. The van der Waals surface area contributed by atoms with Gasteiger partial charge in [0.05, 0.1) is 17.4 Å². The minimum atomic E-state index is -2.94. The molecular weight excluding hydrogens is 240 g/mol. The summed E-state index contributed by atoms with van der Waals surface area (Å²) in [6.45, 7) is 5.83. The number of carbonyl (C=O) groups is 1. The second-order valence-corrected chi connectivity index (χ2v) is 7.47. The third kappa shape index (κ3) is 2.63. The Kier molecular flexibility index (Phi) is 3.45. The molecule has 1 amide bonds. The van der Waals surface area contributed by atoms with Gasteiger partial charge in [0.2, 0.25) is 5.91 Å². The molecule has 0 aromatic rings. The smallest absolute Gasteiger partial charge is 0.227 e. The van der Waals surface area contributed by atoms with Crippen molar-refractivity contribution in [1.29, 1.82) is 0 Å². The van der Waals surface area contributed by atoms with Crippen LogP contribution in [0, 0.1) is 11.8 Å². The van der Waals surface area contributed by atoms with Crippen LogP contribution < -0.4 is 5.32 Å². The Hall–Kier alpha value is -0.620. The first-order valence-electron chi connectivity index (χ1n) is 6.12. The average Bonchev–Trinajstić information content (AvgIpc) is 2.62. The zero-order valence-electron chi connectivity index (χ0n) is 10.3. The van der Waals surface area contributed by atoms with Gasteiger partial charge in [-0.25, -0.2) is 8.42 Å². The van der Waals surface area contributed by atoms with Gasteiger partial charge in [-0.1, -0.05) is 6.92 Å². The van der Waals surface area contributed by atoms with Gasteiger partial charge in [-0.3, -0.25) is 4.79 Å². The van der Waals surface area contributed by atoms with Gasteiger partial charge in [0.25, 0.3) is 0 Å². The van der Waals surface area contributed by atoms with Crippen LogP contribution >= 0.6 is 0 Å². The van der Waals surface area contributed by atoms with Crippen LogP contribution in [0.15, 0.2) is 0 Å². The predicted octanol–water partition coefficient (Wildman–Crippen LogP) is -0.513. The monoisotopic (exact) mass is 260 g/mol. The highest BCUT2D eigenvalue weighted by atomic mass is 32.2. The molecule has 1 unspecified atom stereocenters. The molecule has 17 heavy (non-hydrogen) atoms. The highest BCUT2D eigenvalue weighted by molar-refractivity contribution is 7.91. The van der Waals surface area contributed by atoms with Gasteiger partial charge in [-0.05, 0) is 19.4 Å². The maximum Gasteiger partial charge on any atom is 0.227 e. The minimum Gasteiger partial charge on any atom is -0.338 e. The van der Waals surface area contributed by atoms with Crippen molar-refractivity contribution in [2.45, 2.75) is 19.9 Å². The molecule has 2 rings (SSSR count). The number of amides is 1. The van der Waals surface area contributed by atoms with Crippen molar-refractivity contribution in [1.82, 2.24) is 10.2 Å². The van der Waals surface area contributed by atoms with E-state index in [0.717, 1.165) is 13.1 Å². The second-order valence-electron chi connectivity index (χ2n) is 5.24. The molecule has 0 saturated carbocycles. The maximum atomic E-state index is 12.3. The zero-order chi connectivity index (χ0) is 12.6. The van der Waals surface area contributed by atoms with Crippen LogP contribution in [0.4, 0.5) is 0 Å². The van der Waals surface area contributed by atoms with E-state index in [2.05, 4.69) is 12.2 Å². The topological polar surface area (TPSA) is 66.5 Å². The molecule has 2 heterocycles. The van der Waals surface area contributed by atoms with E-state index in [4.69, 9.17) is 0 Å². The molecule has 2 aliphatic heterocycles. The van der Waals surface area contributed by atoms with Crippen LogP contribution in [0.1, 0.15) is 13.8 Å². The van der Waals surface area contributed by atoms with Crippen LogP contribution in [0.3, 0.4) is 0 Å². The van der Waals surface area contributed by atoms with Crippen LogP contribution in [-0.4, -0.2) is 56.4 Å². The third-order valence-corrected chi connectivity index (χ3v) is 5.58. The first kappa shape index (κ1) is 12.8. The van der Waals surface area contributed by atoms with Gasteiger partial charge >= 0.3 is 0 Å². The lowest BCUT2D eigenvalue weighted by Crippen LogP contribution is -2.52. The lowest BCUT2D eigenvalue weighted by atomic mass is 9.96. The van der Waals surface area contributed by atoms with E-state index >= 15 is 0 Å². The number of carbonyl (C=O) groups excluding carboxylic acids is 1. The summed E-state index contributed by atoms with van der Waals surface area (Å²) in [5, 5.41) is 3.21. The van der Waals surface area contributed by atoms with Crippen molar-refractivity contribution in [2.24, 2.45) is 11.8 Å². The lowest BCUT2D eigenvalue weighted by Gasteiger charge is -2.35. The molecule has 0 aromatic heterocycles. The van der Waals surface area contributed by atoms with Crippen molar-refractivity contribution in [3.63, 3.8) is 0 Å². The number of hydrogen-bond acceptors (Lipinski definition) is 4. The molecule has 5 nitrogen and oxygen atoms in total. The van der Waals surface area contributed by atoms with Gasteiger partial charge in [0, 0.05) is 19.1 Å². The fourth-order valence-corrected chi connectivity index (χ4v) is 4.24. The zero-order valence-corrected chi connectivity index (χ0v) is 11.2. The summed E-state index contributed by atoms with van der Waals surface area (Å²) in [6, 6.07) is -0.186. The third-order valence-electron chi connectivity index (χ3n) is 3.79. The Morgan fingerprint density at radius 2 is 2.00 bits per heavy atom. The lowest BCUT2D eigenvalue weighted by molar-refractivity contribution is -0.137. The summed E-state index contributed by atoms with van der Waals surface area (Å²) in [7, 11) is -2.94. The van der Waals surface area contributed by atoms with Crippen molar-refractivity contribution in [3.8, 4) is 0 Å². The molecule has 0 bridgehead atoms. The molecule has 2 saturated heterocycles. The van der Waals surface area contributed by atoms with E-state index < -0.39 is 9.84 Å². The first-order chi connectivity index (χ1) is 7.91. The number of hydrogen-bond donors (Lipinski definition) is 1. The predicted molar refractivity (Wildman–Crippen MR) is 65.4 cm³/mol. The Balaban J connectivity index is 2.05. The van der Waals surface area contributed by atoms with E-state index in [1.807, 2.05) is 6.92 Å². The quantitative estimate of drug-likeness (QED) is 0.689. The summed E-state index contributed by atoms with van der Waals surface area (Å²) in [6.07, 6.45) is 0. The number of sulfone groups is 1. The number of nitrogens with one attached hydrogen (secondary N) is 1. The molecule has 0 spiro atoms. The molecule has 6 heteroatoms. The van der Waals surface area contributed by atoms with Gasteiger partial charge in [0.1, 0.15) is 0 Å². The first-order valence-corrected chi connectivity index (χ1v) is 7.94. The van der Waals surface area contributed by atoms with Crippen LogP contribution in [0.5, 0.6) is 0 Å². The molecule has 0 aliphatic carbocycles. The van der Waals surface area contributed by atoms with Crippen LogP contribution in [0.2, 0.25) is 0 Å². The molecule has 2 fully saturated rings. The maximum absolute atomic E-state index is 12.3. The SMILES string of the molecule is CC1CS(=O)(=O)CCN1C(=O)[C@@H]1CNC[C@H]1C. The number of nitrogens with zero attached hydrogens (tertiary/aromatic N) is 1. The summed E-state index contributed by atoms with van der Waals surface area (Å²) in [4.78, 5) is 14.1. The highest BCUT2D eigenvalue weighted by Gasteiger charge is 2.37. The summed E-state index contributed by atoms with van der Waals surface area (Å²) in [5.74, 6) is 0.682. The molecule has 2 aliphatic rings. The van der Waals surface area contributed by atoms with E-state index in [1.165, 1.54) is 0 Å². The largest absolute Gasteiger partial charge is 0.338 e. The molecular formula is C11H20N2O3S. The highest BCUT2D eigenvalue weighted by Crippen LogP contribution is 2.22. The fourth-order valence-electron chi connectivity index (χ4n) is 2.68. The molecule has 98 valence electrons. The Morgan fingerprint density at radius 3 is 2.53 bits per heavy atom. The fraction of sp³-hybridized carbons (Fsp3) is 0.909. The van der Waals surface area contributed by atoms with Crippen molar-refractivity contribution < 1.29 is 13.2 Å². The standard InChI is InChI=1S/C11H20N2O3S/c1-8-5-12-6-10(8)11(14)13-3-4-17(15,16)7-9(13)2/h8-10,12H,3-7H2,1-2H3/t8-,9?,10-/m1/s1. The molecule has 1 N–H and O–H groups in total. The van der Waals surface area contributed by atoms with Gasteiger partial charge in [-0.15, -0.1) is 0 Å². The van der Waals surface area contributed by atoms with Crippen LogP contribution in [0.25, 0.3) is 0 Å². The summed E-state index contributed by atoms with van der Waals surface area (Å²) < 4.78 is 22.9. The van der Waals surface area contributed by atoms with E-state index in [1.54, 1.807) is 4.90 Å². The van der Waals surface area contributed by atoms with Gasteiger partial charge < -0.3 is 10.2 Å². The summed E-state index contributed by atoms with van der Waals surface area (Å²) >= 11 is 0. The van der Waals surface area contributed by atoms with Crippen molar-refractivity contribution in [3.05, 3.63) is 0 Å². The average molecular weight is 260 g/mol. The van der Waals surface area contributed by atoms with E-state index in [-0.39, 0.29) is 29.4 Å². The minimum absolute atomic E-state index is 0.0123. The van der Waals surface area contributed by atoms with Crippen molar-refractivity contribution >= 4 is 15.7 Å².